The molecule has 0 radical (unpaired) electrons. The van der Waals surface area contributed by atoms with Crippen LogP contribution in [-0.4, -0.2) is 21.1 Å². The van der Waals surface area contributed by atoms with Crippen LogP contribution in [-0.2, 0) is 6.18 Å². The lowest BCUT2D eigenvalue weighted by Gasteiger charge is -2.06. The largest absolute Gasteiger partial charge is 0.435 e. The van der Waals surface area contributed by atoms with Crippen LogP contribution in [0.15, 0.2) is 18.5 Å². The number of hydrogen-bond donors (Lipinski definition) is 1. The Labute approximate surface area is 114 Å². The Kier molecular flexibility index (Phi) is 3.27. The number of anilines is 1. The van der Waals surface area contributed by atoms with Crippen LogP contribution in [0.2, 0.25) is 0 Å². The highest BCUT2D eigenvalue weighted by Crippen LogP contribution is 2.33. The van der Waals surface area contributed by atoms with Gasteiger partial charge in [-0.2, -0.15) is 18.3 Å². The predicted octanol–water partition coefficient (Wildman–Crippen LogP) is 3.35. The molecule has 1 aliphatic rings. The summed E-state index contributed by atoms with van der Waals surface area (Å²) >= 11 is 0. The Balaban J connectivity index is 1.73. The van der Waals surface area contributed by atoms with E-state index in [0.29, 0.717) is 11.3 Å². The highest BCUT2D eigenvalue weighted by Gasteiger charge is 2.34. The zero-order valence-electron chi connectivity index (χ0n) is 10.8. The van der Waals surface area contributed by atoms with Gasteiger partial charge in [-0.25, -0.2) is 9.50 Å². The molecule has 7 heteroatoms. The molecule has 3 rings (SSSR count). The molecule has 0 bridgehead atoms. The molecule has 20 heavy (non-hydrogen) atoms. The lowest BCUT2D eigenvalue weighted by atomic mass is 10.2. The molecule has 1 saturated carbocycles. The molecule has 0 unspecified atom stereocenters. The van der Waals surface area contributed by atoms with E-state index >= 15 is 0 Å². The zero-order chi connectivity index (χ0) is 14.2. The minimum Gasteiger partial charge on any atom is -0.368 e. The summed E-state index contributed by atoms with van der Waals surface area (Å²) in [5.74, 6) is 1.30. The fraction of sp³-hybridized carbons (Fsp3) is 0.538. The quantitative estimate of drug-likeness (QED) is 0.856. The molecule has 4 nitrogen and oxygen atoms in total. The van der Waals surface area contributed by atoms with Gasteiger partial charge in [0.15, 0.2) is 11.5 Å². The lowest BCUT2D eigenvalue weighted by Crippen LogP contribution is -2.06. The SMILES string of the molecule is FC(F)(F)c1cc2c(NCCCC3CC3)nccn2n1. The van der Waals surface area contributed by atoms with Crippen molar-refractivity contribution < 1.29 is 13.2 Å². The molecule has 0 atom stereocenters. The minimum absolute atomic E-state index is 0.353. The van der Waals surface area contributed by atoms with Gasteiger partial charge in [0.25, 0.3) is 0 Å². The van der Waals surface area contributed by atoms with E-state index in [1.165, 1.54) is 36.2 Å². The van der Waals surface area contributed by atoms with Crippen molar-refractivity contribution in [3.05, 3.63) is 24.2 Å². The van der Waals surface area contributed by atoms with E-state index < -0.39 is 11.9 Å². The summed E-state index contributed by atoms with van der Waals surface area (Å²) in [6, 6.07) is 1.02. The molecule has 0 aliphatic heterocycles. The van der Waals surface area contributed by atoms with Crippen LogP contribution in [0, 0.1) is 5.92 Å². The monoisotopic (exact) mass is 284 g/mol. The smallest absolute Gasteiger partial charge is 0.368 e. The maximum atomic E-state index is 12.6. The Morgan fingerprint density at radius 3 is 2.85 bits per heavy atom. The van der Waals surface area contributed by atoms with Gasteiger partial charge < -0.3 is 5.32 Å². The number of nitrogens with one attached hydrogen (secondary N) is 1. The van der Waals surface area contributed by atoms with Crippen LogP contribution < -0.4 is 5.32 Å². The standard InChI is InChI=1S/C13H15F3N4/c14-13(15,16)11-8-10-12(18-6-7-20(10)19-11)17-5-1-2-9-3-4-9/h6-9H,1-5H2,(H,17,18). The Hall–Kier alpha value is -1.79. The number of alkyl halides is 3. The number of hydrogen-bond acceptors (Lipinski definition) is 3. The van der Waals surface area contributed by atoms with E-state index in [1.807, 2.05) is 0 Å². The van der Waals surface area contributed by atoms with E-state index in [-0.39, 0.29) is 0 Å². The third-order valence-electron chi connectivity index (χ3n) is 3.46. The van der Waals surface area contributed by atoms with Crippen molar-refractivity contribution in [2.45, 2.75) is 31.9 Å². The molecule has 0 spiro atoms. The van der Waals surface area contributed by atoms with Crippen molar-refractivity contribution >= 4 is 11.3 Å². The van der Waals surface area contributed by atoms with Crippen LogP contribution in [0.5, 0.6) is 0 Å². The average Bonchev–Trinajstić information content (AvgIpc) is 3.09. The van der Waals surface area contributed by atoms with Gasteiger partial charge in [0.1, 0.15) is 5.52 Å². The summed E-state index contributed by atoms with van der Waals surface area (Å²) in [6.07, 6.45) is 3.23. The van der Waals surface area contributed by atoms with E-state index in [1.54, 1.807) is 0 Å². The van der Waals surface area contributed by atoms with Crippen molar-refractivity contribution in [2.24, 2.45) is 5.92 Å². The first-order valence-electron chi connectivity index (χ1n) is 6.69. The van der Waals surface area contributed by atoms with Crippen molar-refractivity contribution in [1.82, 2.24) is 14.6 Å². The summed E-state index contributed by atoms with van der Waals surface area (Å²) in [6.45, 7) is 0.718. The van der Waals surface area contributed by atoms with Crippen molar-refractivity contribution in [1.29, 1.82) is 0 Å². The number of aromatic nitrogens is 3. The second-order valence-electron chi connectivity index (χ2n) is 5.15. The lowest BCUT2D eigenvalue weighted by molar-refractivity contribution is -0.141. The fourth-order valence-electron chi connectivity index (χ4n) is 2.20. The van der Waals surface area contributed by atoms with Crippen LogP contribution >= 0.6 is 0 Å². The van der Waals surface area contributed by atoms with Gasteiger partial charge in [0.05, 0.1) is 0 Å². The molecular weight excluding hydrogens is 269 g/mol. The second-order valence-corrected chi connectivity index (χ2v) is 5.15. The number of halogens is 3. The van der Waals surface area contributed by atoms with Gasteiger partial charge in [-0.3, -0.25) is 0 Å². The summed E-state index contributed by atoms with van der Waals surface area (Å²) in [7, 11) is 0. The first-order chi connectivity index (χ1) is 9.54. The molecule has 2 aromatic heterocycles. The topological polar surface area (TPSA) is 42.2 Å². The maximum absolute atomic E-state index is 12.6. The van der Waals surface area contributed by atoms with E-state index in [4.69, 9.17) is 0 Å². The van der Waals surface area contributed by atoms with Gasteiger partial charge >= 0.3 is 6.18 Å². The highest BCUT2D eigenvalue weighted by molar-refractivity contribution is 5.67. The molecule has 108 valence electrons. The molecule has 0 aromatic carbocycles. The first kappa shape index (κ1) is 13.2. The predicted molar refractivity (Wildman–Crippen MR) is 68.4 cm³/mol. The summed E-state index contributed by atoms with van der Waals surface area (Å²) < 4.78 is 39.1. The first-order valence-corrected chi connectivity index (χ1v) is 6.69. The molecular formula is C13H15F3N4. The molecule has 0 amide bonds. The van der Waals surface area contributed by atoms with Gasteiger partial charge in [0.2, 0.25) is 0 Å². The number of nitrogens with zero attached hydrogens (tertiary/aromatic N) is 3. The second kappa shape index (κ2) is 4.96. The summed E-state index contributed by atoms with van der Waals surface area (Å²) in [5.41, 5.74) is -0.544. The van der Waals surface area contributed by atoms with Crippen LogP contribution in [0.4, 0.5) is 19.0 Å². The van der Waals surface area contributed by atoms with Crippen molar-refractivity contribution in [2.75, 3.05) is 11.9 Å². The third-order valence-corrected chi connectivity index (χ3v) is 3.46. The van der Waals surface area contributed by atoms with Crippen molar-refractivity contribution in [3.8, 4) is 0 Å². The summed E-state index contributed by atoms with van der Waals surface area (Å²) in [4.78, 5) is 4.10. The molecule has 1 N–H and O–H groups in total. The van der Waals surface area contributed by atoms with Crippen molar-refractivity contribution in [3.63, 3.8) is 0 Å². The van der Waals surface area contributed by atoms with Gasteiger partial charge in [-0.05, 0) is 18.8 Å². The maximum Gasteiger partial charge on any atom is 0.435 e. The molecule has 0 saturated heterocycles. The van der Waals surface area contributed by atoms with Gasteiger partial charge in [-0.15, -0.1) is 0 Å². The number of rotatable bonds is 5. The van der Waals surface area contributed by atoms with Crippen LogP contribution in [0.25, 0.3) is 5.52 Å². The molecule has 1 fully saturated rings. The van der Waals surface area contributed by atoms with E-state index in [0.717, 1.165) is 24.9 Å². The Morgan fingerprint density at radius 2 is 2.15 bits per heavy atom. The number of fused-ring (bicyclic) bond motifs is 1. The van der Waals surface area contributed by atoms with Gasteiger partial charge in [-0.1, -0.05) is 12.8 Å². The normalized spacial score (nSPS) is 15.8. The van der Waals surface area contributed by atoms with E-state index in [9.17, 15) is 13.2 Å². The van der Waals surface area contributed by atoms with Gasteiger partial charge in [0, 0.05) is 25.0 Å². The molecule has 2 aromatic rings. The molecule has 2 heterocycles. The van der Waals surface area contributed by atoms with Crippen LogP contribution in [0.1, 0.15) is 31.4 Å². The Bertz CT molecular complexity index is 601. The minimum atomic E-state index is -4.44. The van der Waals surface area contributed by atoms with Crippen LogP contribution in [0.3, 0.4) is 0 Å². The summed E-state index contributed by atoms with van der Waals surface area (Å²) in [5, 5.41) is 6.62. The van der Waals surface area contributed by atoms with E-state index in [2.05, 4.69) is 15.4 Å². The Morgan fingerprint density at radius 1 is 1.35 bits per heavy atom. The average molecular weight is 284 g/mol. The highest BCUT2D eigenvalue weighted by atomic mass is 19.4. The fourth-order valence-corrected chi connectivity index (χ4v) is 2.20. The zero-order valence-corrected chi connectivity index (χ0v) is 10.8. The molecule has 1 aliphatic carbocycles. The third kappa shape index (κ3) is 2.86.